The number of ketones is 1. The number of carbonyl (C=O) groups excluding carboxylic acids is 1. The first kappa shape index (κ1) is 15.0. The third-order valence-corrected chi connectivity index (χ3v) is 5.54. The zero-order valence-electron chi connectivity index (χ0n) is 11.7. The van der Waals surface area contributed by atoms with Crippen LogP contribution in [0.3, 0.4) is 0 Å². The van der Waals surface area contributed by atoms with Gasteiger partial charge in [-0.3, -0.25) is 9.69 Å². The number of Topliss-reactive ketones (excluding diaryl/α,β-unsaturated/α-hetero) is 1. The Kier molecular flexibility index (Phi) is 5.04. The Morgan fingerprint density at radius 3 is 2.58 bits per heavy atom. The molecule has 0 radical (unpaired) electrons. The summed E-state index contributed by atoms with van der Waals surface area (Å²) in [5.41, 5.74) is -0.309. The summed E-state index contributed by atoms with van der Waals surface area (Å²) in [7, 11) is 0. The van der Waals surface area contributed by atoms with Crippen LogP contribution in [0.15, 0.2) is 12.1 Å². The molecule has 106 valence electrons. The van der Waals surface area contributed by atoms with Crippen molar-refractivity contribution in [3.8, 4) is 0 Å². The van der Waals surface area contributed by atoms with Crippen molar-refractivity contribution in [3.63, 3.8) is 0 Å². The summed E-state index contributed by atoms with van der Waals surface area (Å²) in [4.78, 5) is 16.2. The Morgan fingerprint density at radius 1 is 1.37 bits per heavy atom. The molecule has 0 bridgehead atoms. The van der Waals surface area contributed by atoms with Crippen LogP contribution in [0.5, 0.6) is 0 Å². The van der Waals surface area contributed by atoms with Gasteiger partial charge in [-0.05, 0) is 51.4 Å². The minimum Gasteiger partial charge on any atom is -0.297 e. The smallest absolute Gasteiger partial charge is 0.157 e. The largest absolute Gasteiger partial charge is 0.297 e. The molecule has 1 atom stereocenters. The van der Waals surface area contributed by atoms with Gasteiger partial charge >= 0.3 is 0 Å². The third kappa shape index (κ3) is 3.39. The van der Waals surface area contributed by atoms with Crippen LogP contribution in [0.2, 0.25) is 4.34 Å². The maximum absolute atomic E-state index is 12.7. The van der Waals surface area contributed by atoms with Gasteiger partial charge in [-0.25, -0.2) is 0 Å². The lowest BCUT2D eigenvalue weighted by Crippen LogP contribution is -2.54. The van der Waals surface area contributed by atoms with Gasteiger partial charge in [-0.1, -0.05) is 24.9 Å². The van der Waals surface area contributed by atoms with Crippen molar-refractivity contribution >= 4 is 28.7 Å². The quantitative estimate of drug-likeness (QED) is 0.813. The first-order chi connectivity index (χ1) is 9.06. The van der Waals surface area contributed by atoms with E-state index in [1.165, 1.54) is 30.6 Å². The number of hydrogen-bond acceptors (Lipinski definition) is 3. The molecule has 1 aromatic rings. The van der Waals surface area contributed by atoms with Crippen molar-refractivity contribution in [2.24, 2.45) is 0 Å². The molecule has 0 amide bonds. The van der Waals surface area contributed by atoms with Crippen LogP contribution in [-0.2, 0) is 11.2 Å². The second-order valence-corrected chi connectivity index (χ2v) is 7.28. The number of halogens is 1. The molecule has 1 aliphatic rings. The molecular weight excluding hydrogens is 278 g/mol. The summed E-state index contributed by atoms with van der Waals surface area (Å²) in [6.45, 7) is 6.34. The highest BCUT2D eigenvalue weighted by Crippen LogP contribution is 2.28. The standard InChI is InChI=1S/C15H22ClNOS/c1-3-15(2,17-9-5-4-6-10-17)13(18)11-12-7-8-14(16)19-12/h7-8H,3-6,9-11H2,1-2H3. The summed E-state index contributed by atoms with van der Waals surface area (Å²) < 4.78 is 0.763. The second kappa shape index (κ2) is 6.38. The van der Waals surface area contributed by atoms with Crippen molar-refractivity contribution in [3.05, 3.63) is 21.3 Å². The van der Waals surface area contributed by atoms with Gasteiger partial charge in [0.15, 0.2) is 5.78 Å². The lowest BCUT2D eigenvalue weighted by Gasteiger charge is -2.41. The van der Waals surface area contributed by atoms with E-state index < -0.39 is 0 Å². The predicted molar refractivity (Wildman–Crippen MR) is 82.2 cm³/mol. The van der Waals surface area contributed by atoms with Crippen molar-refractivity contribution < 1.29 is 4.79 Å². The maximum atomic E-state index is 12.7. The van der Waals surface area contributed by atoms with Crippen molar-refractivity contribution in [1.82, 2.24) is 4.90 Å². The molecule has 1 unspecified atom stereocenters. The van der Waals surface area contributed by atoms with Crippen LogP contribution in [0, 0.1) is 0 Å². The van der Waals surface area contributed by atoms with Crippen LogP contribution in [0.4, 0.5) is 0 Å². The van der Waals surface area contributed by atoms with Crippen LogP contribution < -0.4 is 0 Å². The number of piperidine rings is 1. The van der Waals surface area contributed by atoms with Gasteiger partial charge in [0, 0.05) is 11.3 Å². The molecule has 19 heavy (non-hydrogen) atoms. The summed E-state index contributed by atoms with van der Waals surface area (Å²) in [6, 6.07) is 3.84. The Bertz CT molecular complexity index is 439. The predicted octanol–water partition coefficient (Wildman–Crippen LogP) is 4.17. The fraction of sp³-hybridized carbons (Fsp3) is 0.667. The Hall–Kier alpha value is -0.380. The van der Waals surface area contributed by atoms with E-state index in [2.05, 4.69) is 18.7 Å². The molecule has 0 N–H and O–H groups in total. The van der Waals surface area contributed by atoms with Gasteiger partial charge in [0.1, 0.15) is 0 Å². The fourth-order valence-corrected chi connectivity index (χ4v) is 3.87. The van der Waals surface area contributed by atoms with Crippen molar-refractivity contribution in [2.45, 2.75) is 51.5 Å². The number of rotatable bonds is 5. The average molecular weight is 300 g/mol. The number of nitrogens with zero attached hydrogens (tertiary/aromatic N) is 1. The van der Waals surface area contributed by atoms with E-state index >= 15 is 0 Å². The first-order valence-electron chi connectivity index (χ1n) is 7.09. The Labute approximate surface area is 124 Å². The average Bonchev–Trinajstić information content (AvgIpc) is 2.84. The van der Waals surface area contributed by atoms with E-state index in [1.807, 2.05) is 12.1 Å². The lowest BCUT2D eigenvalue weighted by atomic mass is 9.87. The number of hydrogen-bond donors (Lipinski definition) is 0. The molecule has 2 nitrogen and oxygen atoms in total. The summed E-state index contributed by atoms with van der Waals surface area (Å²) >= 11 is 7.45. The van der Waals surface area contributed by atoms with Crippen LogP contribution in [0.25, 0.3) is 0 Å². The van der Waals surface area contributed by atoms with Gasteiger partial charge in [-0.15, -0.1) is 11.3 Å². The molecular formula is C15H22ClNOS. The highest BCUT2D eigenvalue weighted by atomic mass is 35.5. The second-order valence-electron chi connectivity index (χ2n) is 5.48. The molecule has 0 spiro atoms. The summed E-state index contributed by atoms with van der Waals surface area (Å²) in [6.07, 6.45) is 5.12. The Morgan fingerprint density at radius 2 is 2.05 bits per heavy atom. The third-order valence-electron chi connectivity index (χ3n) is 4.31. The minimum absolute atomic E-state index is 0.309. The highest BCUT2D eigenvalue weighted by Gasteiger charge is 2.37. The SMILES string of the molecule is CCC(C)(C(=O)Cc1ccc(Cl)s1)N1CCCCC1. The minimum atomic E-state index is -0.309. The zero-order valence-corrected chi connectivity index (χ0v) is 13.3. The van der Waals surface area contributed by atoms with Crippen LogP contribution in [0.1, 0.15) is 44.4 Å². The Balaban J connectivity index is 2.08. The zero-order chi connectivity index (χ0) is 13.9. The molecule has 2 heterocycles. The van der Waals surface area contributed by atoms with E-state index in [1.54, 1.807) is 0 Å². The van der Waals surface area contributed by atoms with Gasteiger partial charge in [0.05, 0.1) is 9.88 Å². The van der Waals surface area contributed by atoms with E-state index in [9.17, 15) is 4.79 Å². The molecule has 1 aliphatic heterocycles. The van der Waals surface area contributed by atoms with Gasteiger partial charge in [0.2, 0.25) is 0 Å². The lowest BCUT2D eigenvalue weighted by molar-refractivity contribution is -0.130. The number of likely N-dealkylation sites (tertiary alicyclic amines) is 1. The monoisotopic (exact) mass is 299 g/mol. The molecule has 1 fully saturated rings. The van der Waals surface area contributed by atoms with Gasteiger partial charge < -0.3 is 0 Å². The van der Waals surface area contributed by atoms with Crippen molar-refractivity contribution in [2.75, 3.05) is 13.1 Å². The number of thiophene rings is 1. The topological polar surface area (TPSA) is 20.3 Å². The van der Waals surface area contributed by atoms with E-state index in [4.69, 9.17) is 11.6 Å². The van der Waals surface area contributed by atoms with E-state index in [-0.39, 0.29) is 5.54 Å². The fourth-order valence-electron chi connectivity index (χ4n) is 2.78. The first-order valence-corrected chi connectivity index (χ1v) is 8.28. The normalized spacial score (nSPS) is 20.2. The molecule has 0 aromatic carbocycles. The van der Waals surface area contributed by atoms with Crippen molar-refractivity contribution in [1.29, 1.82) is 0 Å². The van der Waals surface area contributed by atoms with Gasteiger partial charge in [0.25, 0.3) is 0 Å². The summed E-state index contributed by atoms with van der Waals surface area (Å²) in [5.74, 6) is 0.329. The van der Waals surface area contributed by atoms with E-state index in [0.717, 1.165) is 28.7 Å². The molecule has 4 heteroatoms. The molecule has 2 rings (SSSR count). The molecule has 0 saturated carbocycles. The molecule has 0 aliphatic carbocycles. The molecule has 1 saturated heterocycles. The van der Waals surface area contributed by atoms with Crippen LogP contribution in [-0.4, -0.2) is 29.3 Å². The highest BCUT2D eigenvalue weighted by molar-refractivity contribution is 7.16. The van der Waals surface area contributed by atoms with Crippen LogP contribution >= 0.6 is 22.9 Å². The molecule has 1 aromatic heterocycles. The number of carbonyl (C=O) groups is 1. The summed E-state index contributed by atoms with van der Waals surface area (Å²) in [5, 5.41) is 0. The van der Waals surface area contributed by atoms with E-state index in [0.29, 0.717) is 12.2 Å². The maximum Gasteiger partial charge on any atom is 0.157 e. The van der Waals surface area contributed by atoms with Gasteiger partial charge in [-0.2, -0.15) is 0 Å².